The highest BCUT2D eigenvalue weighted by Crippen LogP contribution is 2.39. The molecule has 0 amide bonds. The lowest BCUT2D eigenvalue weighted by atomic mass is 9.68. The number of benzene rings is 1. The average molecular weight is 325 g/mol. The van der Waals surface area contributed by atoms with Gasteiger partial charge >= 0.3 is 0 Å². The lowest BCUT2D eigenvalue weighted by molar-refractivity contribution is 0.168. The van der Waals surface area contributed by atoms with Crippen LogP contribution in [0.3, 0.4) is 0 Å². The molecule has 2 rings (SSSR count). The van der Waals surface area contributed by atoms with Crippen LogP contribution in [0.15, 0.2) is 22.7 Å². The lowest BCUT2D eigenvalue weighted by Gasteiger charge is -2.46. The van der Waals surface area contributed by atoms with Gasteiger partial charge in [0.1, 0.15) is 0 Å². The lowest BCUT2D eigenvalue weighted by Crippen LogP contribution is -2.54. The van der Waals surface area contributed by atoms with Crippen molar-refractivity contribution in [1.82, 2.24) is 0 Å². The van der Waals surface area contributed by atoms with E-state index in [1.165, 1.54) is 30.5 Å². The Labute approximate surface area is 125 Å². The average Bonchev–Trinajstić information content (AvgIpc) is 2.34. The van der Waals surface area contributed by atoms with Gasteiger partial charge in [0, 0.05) is 16.7 Å². The normalized spacial score (nSPS) is 31.2. The Morgan fingerprint density at radius 1 is 1.37 bits per heavy atom. The summed E-state index contributed by atoms with van der Waals surface area (Å²) >= 11 is 3.57. The van der Waals surface area contributed by atoms with E-state index in [0.717, 1.165) is 10.4 Å². The second-order valence-corrected chi connectivity index (χ2v) is 7.08. The molecule has 2 nitrogen and oxygen atoms in total. The third-order valence-corrected chi connectivity index (χ3v) is 5.27. The highest BCUT2D eigenvalue weighted by atomic mass is 79.9. The number of aryl methyl sites for hydroxylation is 1. The largest absolute Gasteiger partial charge is 0.378 e. The molecule has 0 aliphatic heterocycles. The van der Waals surface area contributed by atoms with Gasteiger partial charge in [-0.3, -0.25) is 0 Å². The Balaban J connectivity index is 2.26. The topological polar surface area (TPSA) is 38.0 Å². The highest BCUT2D eigenvalue weighted by Gasteiger charge is 2.40. The van der Waals surface area contributed by atoms with Crippen molar-refractivity contribution in [2.75, 3.05) is 11.9 Å². The summed E-state index contributed by atoms with van der Waals surface area (Å²) in [5.41, 5.74) is 8.63. The van der Waals surface area contributed by atoms with E-state index >= 15 is 0 Å². The van der Waals surface area contributed by atoms with Gasteiger partial charge in [-0.15, -0.1) is 0 Å². The van der Waals surface area contributed by atoms with E-state index in [0.29, 0.717) is 12.5 Å². The molecule has 1 aliphatic rings. The minimum Gasteiger partial charge on any atom is -0.378 e. The fourth-order valence-electron chi connectivity index (χ4n) is 3.37. The van der Waals surface area contributed by atoms with Gasteiger partial charge in [0.15, 0.2) is 0 Å². The van der Waals surface area contributed by atoms with Crippen molar-refractivity contribution in [1.29, 1.82) is 0 Å². The van der Waals surface area contributed by atoms with E-state index in [-0.39, 0.29) is 5.54 Å². The number of nitrogens with one attached hydrogen (secondary N) is 1. The van der Waals surface area contributed by atoms with Gasteiger partial charge in [-0.1, -0.05) is 42.6 Å². The van der Waals surface area contributed by atoms with E-state index in [9.17, 15) is 0 Å². The van der Waals surface area contributed by atoms with Crippen molar-refractivity contribution in [3.05, 3.63) is 28.2 Å². The number of nitrogens with two attached hydrogens (primary N) is 1. The molecule has 1 aliphatic carbocycles. The summed E-state index contributed by atoms with van der Waals surface area (Å²) in [7, 11) is 0. The molecule has 0 spiro atoms. The molecule has 1 saturated carbocycles. The highest BCUT2D eigenvalue weighted by molar-refractivity contribution is 9.10. The first-order chi connectivity index (χ1) is 8.97. The van der Waals surface area contributed by atoms with Crippen LogP contribution >= 0.6 is 15.9 Å². The van der Waals surface area contributed by atoms with E-state index in [1.807, 2.05) is 0 Å². The molecule has 0 saturated heterocycles. The van der Waals surface area contributed by atoms with Gasteiger partial charge < -0.3 is 11.1 Å². The summed E-state index contributed by atoms with van der Waals surface area (Å²) in [4.78, 5) is 0. The molecule has 0 radical (unpaired) electrons. The van der Waals surface area contributed by atoms with Gasteiger partial charge in [0.25, 0.3) is 0 Å². The van der Waals surface area contributed by atoms with Gasteiger partial charge in [-0.2, -0.15) is 0 Å². The van der Waals surface area contributed by atoms with Gasteiger partial charge in [0.05, 0.1) is 5.54 Å². The van der Waals surface area contributed by atoms with Crippen LogP contribution in [0, 0.1) is 18.8 Å². The Kier molecular flexibility index (Phi) is 4.57. The van der Waals surface area contributed by atoms with Crippen LogP contribution in [0.25, 0.3) is 0 Å². The van der Waals surface area contributed by atoms with E-state index in [2.05, 4.69) is 60.2 Å². The van der Waals surface area contributed by atoms with Gasteiger partial charge in [-0.25, -0.2) is 0 Å². The second-order valence-electron chi connectivity index (χ2n) is 6.16. The Morgan fingerprint density at radius 3 is 2.74 bits per heavy atom. The molecule has 3 unspecified atom stereocenters. The summed E-state index contributed by atoms with van der Waals surface area (Å²) in [6.45, 7) is 7.51. The molecule has 19 heavy (non-hydrogen) atoms. The van der Waals surface area contributed by atoms with Crippen molar-refractivity contribution >= 4 is 21.6 Å². The maximum atomic E-state index is 6.14. The summed E-state index contributed by atoms with van der Waals surface area (Å²) in [6, 6.07) is 6.48. The number of halogens is 1. The maximum Gasteiger partial charge on any atom is 0.0523 e. The van der Waals surface area contributed by atoms with Crippen LogP contribution < -0.4 is 11.1 Å². The van der Waals surface area contributed by atoms with Crippen LogP contribution in [0.4, 0.5) is 5.69 Å². The molecule has 1 fully saturated rings. The zero-order valence-corrected chi connectivity index (χ0v) is 13.8. The number of rotatable bonds is 3. The summed E-state index contributed by atoms with van der Waals surface area (Å²) in [5.74, 6) is 1.34. The third kappa shape index (κ3) is 3.14. The molecule has 0 heterocycles. The van der Waals surface area contributed by atoms with Crippen LogP contribution in [-0.4, -0.2) is 12.1 Å². The molecule has 106 valence electrons. The zero-order valence-electron chi connectivity index (χ0n) is 12.2. The molecule has 0 aromatic heterocycles. The van der Waals surface area contributed by atoms with Gasteiger partial charge in [-0.05, 0) is 48.9 Å². The van der Waals surface area contributed by atoms with Crippen molar-refractivity contribution < 1.29 is 0 Å². The smallest absolute Gasteiger partial charge is 0.0523 e. The first-order valence-corrected chi connectivity index (χ1v) is 8.01. The molecular weight excluding hydrogens is 300 g/mol. The van der Waals surface area contributed by atoms with Gasteiger partial charge in [0.2, 0.25) is 0 Å². The zero-order chi connectivity index (χ0) is 14.0. The predicted octanol–water partition coefficient (Wildman–Crippen LogP) is 4.32. The minimum absolute atomic E-state index is 0.0465. The molecule has 3 heteroatoms. The molecule has 3 atom stereocenters. The molecular formula is C16H25BrN2. The van der Waals surface area contributed by atoms with E-state index in [4.69, 9.17) is 5.73 Å². The molecule has 3 N–H and O–H groups in total. The summed E-state index contributed by atoms with van der Waals surface area (Å²) in [5, 5.41) is 3.75. The number of hydrogen-bond acceptors (Lipinski definition) is 2. The molecule has 1 aromatic carbocycles. The fraction of sp³-hybridized carbons (Fsp3) is 0.625. The van der Waals surface area contributed by atoms with Crippen molar-refractivity contribution in [2.45, 2.75) is 45.6 Å². The van der Waals surface area contributed by atoms with Crippen LogP contribution in [0.1, 0.15) is 38.7 Å². The molecule has 0 bridgehead atoms. The van der Waals surface area contributed by atoms with Crippen molar-refractivity contribution in [3.8, 4) is 0 Å². The first-order valence-electron chi connectivity index (χ1n) is 7.22. The number of anilines is 1. The van der Waals surface area contributed by atoms with E-state index < -0.39 is 0 Å². The van der Waals surface area contributed by atoms with Crippen LogP contribution in [-0.2, 0) is 0 Å². The second kappa shape index (κ2) is 5.84. The maximum absolute atomic E-state index is 6.14. The monoisotopic (exact) mass is 324 g/mol. The predicted molar refractivity (Wildman–Crippen MR) is 86.5 cm³/mol. The Morgan fingerprint density at radius 2 is 2.11 bits per heavy atom. The van der Waals surface area contributed by atoms with Crippen LogP contribution in [0.5, 0.6) is 0 Å². The van der Waals surface area contributed by atoms with Crippen molar-refractivity contribution in [2.24, 2.45) is 17.6 Å². The fourth-order valence-corrected chi connectivity index (χ4v) is 3.98. The van der Waals surface area contributed by atoms with Crippen molar-refractivity contribution in [3.63, 3.8) is 0 Å². The SMILES string of the molecule is Cc1cc(Br)cc(NC2(CN)CCCC(C)C2C)c1. The Bertz CT molecular complexity index is 426. The summed E-state index contributed by atoms with van der Waals surface area (Å²) < 4.78 is 1.12. The minimum atomic E-state index is 0.0465. The Hall–Kier alpha value is -0.540. The summed E-state index contributed by atoms with van der Waals surface area (Å²) in [6.07, 6.45) is 3.76. The standard InChI is InChI=1S/C16H25BrN2/c1-11-7-14(17)9-15(8-11)19-16(10-18)6-4-5-12(2)13(16)3/h7-9,12-13,19H,4-6,10,18H2,1-3H3. The molecule has 1 aromatic rings. The van der Waals surface area contributed by atoms with E-state index in [1.54, 1.807) is 0 Å². The van der Waals surface area contributed by atoms with Crippen LogP contribution in [0.2, 0.25) is 0 Å². The number of hydrogen-bond donors (Lipinski definition) is 2. The first kappa shape index (κ1) is 14.9. The third-order valence-electron chi connectivity index (χ3n) is 4.81. The quantitative estimate of drug-likeness (QED) is 0.868.